The molecule has 0 unspecified atom stereocenters. The topological polar surface area (TPSA) is 9.23 Å². The first-order valence-corrected chi connectivity index (χ1v) is 6.31. The summed E-state index contributed by atoms with van der Waals surface area (Å²) in [7, 11) is 0. The van der Waals surface area contributed by atoms with Gasteiger partial charge < -0.3 is 4.74 Å². The zero-order valence-corrected chi connectivity index (χ0v) is 11.5. The van der Waals surface area contributed by atoms with E-state index >= 15 is 0 Å². The molecule has 0 aromatic heterocycles. The molecule has 0 fully saturated rings. The van der Waals surface area contributed by atoms with Crippen LogP contribution in [0.1, 0.15) is 31.9 Å². The van der Waals surface area contributed by atoms with Gasteiger partial charge in [-0.3, -0.25) is 0 Å². The average Bonchev–Trinajstić information content (AvgIpc) is 2.28. The minimum Gasteiger partial charge on any atom is -0.457 e. The molecule has 1 heteroatoms. The van der Waals surface area contributed by atoms with E-state index in [0.29, 0.717) is 0 Å². The number of rotatable bonds is 2. The molecule has 1 nitrogen and oxygen atoms in total. The first-order valence-electron chi connectivity index (χ1n) is 6.31. The van der Waals surface area contributed by atoms with Gasteiger partial charge in [-0.05, 0) is 47.7 Å². The van der Waals surface area contributed by atoms with Crippen molar-refractivity contribution in [3.63, 3.8) is 0 Å². The van der Waals surface area contributed by atoms with Crippen LogP contribution in [0.2, 0.25) is 0 Å². The number of hydrogen-bond acceptors (Lipinski definition) is 1. The second-order valence-corrected chi connectivity index (χ2v) is 5.64. The van der Waals surface area contributed by atoms with E-state index in [0.717, 1.165) is 11.5 Å². The van der Waals surface area contributed by atoms with Crippen LogP contribution >= 0.6 is 0 Å². The SMILES string of the molecule is Cc1cc(Oc2ccccc2)ccc1C(C)(C)C. The van der Waals surface area contributed by atoms with Crippen LogP contribution in [0.5, 0.6) is 11.5 Å². The molecular weight excluding hydrogens is 220 g/mol. The molecule has 0 N–H and O–H groups in total. The highest BCUT2D eigenvalue weighted by Gasteiger charge is 2.16. The van der Waals surface area contributed by atoms with Gasteiger partial charge in [0.1, 0.15) is 11.5 Å². The number of ether oxygens (including phenoxy) is 1. The minimum absolute atomic E-state index is 0.176. The lowest BCUT2D eigenvalue weighted by molar-refractivity contribution is 0.481. The lowest BCUT2D eigenvalue weighted by Gasteiger charge is -2.22. The Balaban J connectivity index is 2.25. The maximum absolute atomic E-state index is 5.83. The average molecular weight is 240 g/mol. The Morgan fingerprint density at radius 2 is 1.50 bits per heavy atom. The molecule has 0 aliphatic heterocycles. The summed E-state index contributed by atoms with van der Waals surface area (Å²) >= 11 is 0. The van der Waals surface area contributed by atoms with Crippen LogP contribution in [0, 0.1) is 6.92 Å². The molecular formula is C17H20O. The molecule has 2 aromatic carbocycles. The Morgan fingerprint density at radius 1 is 0.833 bits per heavy atom. The third-order valence-corrected chi connectivity index (χ3v) is 2.98. The Bertz CT molecular complexity index is 521. The summed E-state index contributed by atoms with van der Waals surface area (Å²) in [5.74, 6) is 1.77. The molecule has 2 rings (SSSR count). The molecule has 0 amide bonds. The second kappa shape index (κ2) is 4.85. The molecule has 94 valence electrons. The molecule has 0 heterocycles. The predicted octanol–water partition coefficient (Wildman–Crippen LogP) is 5.08. The van der Waals surface area contributed by atoms with Gasteiger partial charge in [0.2, 0.25) is 0 Å². The third kappa shape index (κ3) is 2.92. The van der Waals surface area contributed by atoms with E-state index in [4.69, 9.17) is 4.74 Å². The quantitative estimate of drug-likeness (QED) is 0.711. The predicted molar refractivity (Wildman–Crippen MR) is 76.4 cm³/mol. The van der Waals surface area contributed by atoms with Crippen molar-refractivity contribution in [2.75, 3.05) is 0 Å². The summed E-state index contributed by atoms with van der Waals surface area (Å²) in [6, 6.07) is 16.2. The van der Waals surface area contributed by atoms with Crippen molar-refractivity contribution in [1.29, 1.82) is 0 Å². The fraction of sp³-hybridized carbons (Fsp3) is 0.294. The van der Waals surface area contributed by atoms with Crippen LogP contribution < -0.4 is 4.74 Å². The summed E-state index contributed by atoms with van der Waals surface area (Å²) in [4.78, 5) is 0. The summed E-state index contributed by atoms with van der Waals surface area (Å²) in [5.41, 5.74) is 2.81. The molecule has 0 saturated heterocycles. The van der Waals surface area contributed by atoms with Crippen LogP contribution in [0.4, 0.5) is 0 Å². The van der Waals surface area contributed by atoms with E-state index in [1.165, 1.54) is 11.1 Å². The van der Waals surface area contributed by atoms with E-state index in [1.807, 2.05) is 36.4 Å². The fourth-order valence-electron chi connectivity index (χ4n) is 2.17. The maximum atomic E-state index is 5.83. The zero-order valence-electron chi connectivity index (χ0n) is 11.5. The van der Waals surface area contributed by atoms with Crippen LogP contribution in [0.25, 0.3) is 0 Å². The Kier molecular flexibility index (Phi) is 3.42. The van der Waals surface area contributed by atoms with Crippen LogP contribution in [0.15, 0.2) is 48.5 Å². The van der Waals surface area contributed by atoms with Crippen molar-refractivity contribution < 1.29 is 4.74 Å². The van der Waals surface area contributed by atoms with Crippen molar-refractivity contribution in [2.24, 2.45) is 0 Å². The Labute approximate surface area is 109 Å². The largest absolute Gasteiger partial charge is 0.457 e. The number of benzene rings is 2. The first kappa shape index (κ1) is 12.7. The van der Waals surface area contributed by atoms with Crippen molar-refractivity contribution in [3.8, 4) is 11.5 Å². The molecule has 0 aliphatic rings. The van der Waals surface area contributed by atoms with Crippen molar-refractivity contribution in [1.82, 2.24) is 0 Å². The van der Waals surface area contributed by atoms with Crippen molar-refractivity contribution >= 4 is 0 Å². The molecule has 0 aliphatic carbocycles. The van der Waals surface area contributed by atoms with Gasteiger partial charge in [0.15, 0.2) is 0 Å². The highest BCUT2D eigenvalue weighted by Crippen LogP contribution is 2.30. The van der Waals surface area contributed by atoms with Gasteiger partial charge in [0, 0.05) is 0 Å². The Morgan fingerprint density at radius 3 is 2.06 bits per heavy atom. The minimum atomic E-state index is 0.176. The fourth-order valence-corrected chi connectivity index (χ4v) is 2.17. The molecule has 0 atom stereocenters. The molecule has 0 saturated carbocycles. The van der Waals surface area contributed by atoms with Crippen LogP contribution in [-0.2, 0) is 5.41 Å². The van der Waals surface area contributed by atoms with Crippen LogP contribution in [-0.4, -0.2) is 0 Å². The van der Waals surface area contributed by atoms with Crippen molar-refractivity contribution in [2.45, 2.75) is 33.1 Å². The van der Waals surface area contributed by atoms with Gasteiger partial charge in [-0.2, -0.15) is 0 Å². The third-order valence-electron chi connectivity index (χ3n) is 2.98. The van der Waals surface area contributed by atoms with Gasteiger partial charge in [0.25, 0.3) is 0 Å². The highest BCUT2D eigenvalue weighted by atomic mass is 16.5. The van der Waals surface area contributed by atoms with E-state index in [1.54, 1.807) is 0 Å². The smallest absolute Gasteiger partial charge is 0.127 e. The van der Waals surface area contributed by atoms with Gasteiger partial charge in [-0.25, -0.2) is 0 Å². The summed E-state index contributed by atoms with van der Waals surface area (Å²) in [6.45, 7) is 8.83. The van der Waals surface area contributed by atoms with E-state index in [9.17, 15) is 0 Å². The summed E-state index contributed by atoms with van der Waals surface area (Å²) < 4.78 is 5.83. The molecule has 18 heavy (non-hydrogen) atoms. The second-order valence-electron chi connectivity index (χ2n) is 5.64. The normalized spacial score (nSPS) is 11.3. The summed E-state index contributed by atoms with van der Waals surface area (Å²) in [5, 5.41) is 0. The summed E-state index contributed by atoms with van der Waals surface area (Å²) in [6.07, 6.45) is 0. The van der Waals surface area contributed by atoms with Gasteiger partial charge in [0.05, 0.1) is 0 Å². The standard InChI is InChI=1S/C17H20O/c1-13-12-15(10-11-16(13)17(2,3)4)18-14-8-6-5-7-9-14/h5-12H,1-4H3. The van der Waals surface area contributed by atoms with Gasteiger partial charge >= 0.3 is 0 Å². The molecule has 2 aromatic rings. The molecule has 0 radical (unpaired) electrons. The lowest BCUT2D eigenvalue weighted by Crippen LogP contribution is -2.12. The number of hydrogen-bond donors (Lipinski definition) is 0. The monoisotopic (exact) mass is 240 g/mol. The molecule has 0 bridgehead atoms. The highest BCUT2D eigenvalue weighted by molar-refractivity contribution is 5.40. The van der Waals surface area contributed by atoms with E-state index in [2.05, 4.69) is 39.8 Å². The van der Waals surface area contributed by atoms with Gasteiger partial charge in [-0.15, -0.1) is 0 Å². The van der Waals surface area contributed by atoms with Gasteiger partial charge in [-0.1, -0.05) is 45.0 Å². The number of para-hydroxylation sites is 1. The molecule has 0 spiro atoms. The van der Waals surface area contributed by atoms with E-state index in [-0.39, 0.29) is 5.41 Å². The lowest BCUT2D eigenvalue weighted by atomic mass is 9.84. The van der Waals surface area contributed by atoms with Crippen LogP contribution in [0.3, 0.4) is 0 Å². The Hall–Kier alpha value is -1.76. The maximum Gasteiger partial charge on any atom is 0.127 e. The van der Waals surface area contributed by atoms with E-state index < -0.39 is 0 Å². The first-order chi connectivity index (χ1) is 8.47. The number of aryl methyl sites for hydroxylation is 1. The van der Waals surface area contributed by atoms with Crippen molar-refractivity contribution in [3.05, 3.63) is 59.7 Å². The zero-order chi connectivity index (χ0) is 13.2.